The molecule has 4 nitrogen and oxygen atoms in total. The summed E-state index contributed by atoms with van der Waals surface area (Å²) in [7, 11) is 0. The second-order valence-corrected chi connectivity index (χ2v) is 9.68. The number of carbonyl (C=O) groups excluding carboxylic acids is 2. The molecule has 0 aliphatic heterocycles. The highest BCUT2D eigenvalue weighted by Gasteiger charge is 2.54. The van der Waals surface area contributed by atoms with Crippen LogP contribution in [0.5, 0.6) is 0 Å². The fourth-order valence-electron chi connectivity index (χ4n) is 5.93. The second-order valence-electron chi connectivity index (χ2n) is 9.68. The molecule has 1 aromatic rings. The minimum atomic E-state index is -0.0918. The summed E-state index contributed by atoms with van der Waals surface area (Å²) >= 11 is 0. The standard InChI is InChI=1S/C23H32N2O2/c1-15(2)13-24-21(26)20-5-3-16(4-6-20)14-25-22(27)23-10-17-7-18(11-23)9-19(8-17)12-23/h3-6,15,17-19H,7-14H2,1-2H3,(H,24,26)(H,25,27). The molecule has 0 atom stereocenters. The van der Waals surface area contributed by atoms with Gasteiger partial charge in [-0.15, -0.1) is 0 Å². The number of carbonyl (C=O) groups is 2. The van der Waals surface area contributed by atoms with E-state index in [0.717, 1.165) is 42.6 Å². The molecule has 1 aromatic carbocycles. The number of amides is 2. The molecule has 27 heavy (non-hydrogen) atoms. The van der Waals surface area contributed by atoms with Crippen LogP contribution in [0.15, 0.2) is 24.3 Å². The second kappa shape index (κ2) is 7.29. The molecule has 0 unspecified atom stereocenters. The molecule has 4 saturated carbocycles. The molecule has 4 bridgehead atoms. The first kappa shape index (κ1) is 18.5. The van der Waals surface area contributed by atoms with Crippen molar-refractivity contribution in [3.05, 3.63) is 35.4 Å². The van der Waals surface area contributed by atoms with Crippen LogP contribution in [-0.2, 0) is 11.3 Å². The first-order valence-corrected chi connectivity index (χ1v) is 10.6. The van der Waals surface area contributed by atoms with Gasteiger partial charge in [0.25, 0.3) is 5.91 Å². The highest BCUT2D eigenvalue weighted by Crippen LogP contribution is 2.60. The van der Waals surface area contributed by atoms with Crippen LogP contribution >= 0.6 is 0 Å². The van der Waals surface area contributed by atoms with Gasteiger partial charge in [0.15, 0.2) is 0 Å². The summed E-state index contributed by atoms with van der Waals surface area (Å²) in [6.07, 6.45) is 7.35. The third-order valence-electron chi connectivity index (χ3n) is 6.86. The van der Waals surface area contributed by atoms with E-state index in [0.29, 0.717) is 24.6 Å². The van der Waals surface area contributed by atoms with E-state index < -0.39 is 0 Å². The number of hydrogen-bond acceptors (Lipinski definition) is 2. The predicted molar refractivity (Wildman–Crippen MR) is 106 cm³/mol. The summed E-state index contributed by atoms with van der Waals surface area (Å²) in [5.41, 5.74) is 1.63. The monoisotopic (exact) mass is 368 g/mol. The third-order valence-corrected chi connectivity index (χ3v) is 6.86. The zero-order valence-electron chi connectivity index (χ0n) is 16.6. The molecule has 146 valence electrons. The first-order valence-electron chi connectivity index (χ1n) is 10.6. The van der Waals surface area contributed by atoms with Gasteiger partial charge in [-0.25, -0.2) is 0 Å². The number of nitrogens with one attached hydrogen (secondary N) is 2. The molecule has 4 heteroatoms. The molecule has 4 aliphatic carbocycles. The summed E-state index contributed by atoms with van der Waals surface area (Å²) in [5, 5.41) is 6.14. The minimum absolute atomic E-state index is 0.0344. The predicted octanol–water partition coefficient (Wildman–Crippen LogP) is 3.91. The Hall–Kier alpha value is -1.84. The van der Waals surface area contributed by atoms with E-state index >= 15 is 0 Å². The lowest BCUT2D eigenvalue weighted by molar-refractivity contribution is -0.146. The van der Waals surface area contributed by atoms with E-state index in [1.165, 1.54) is 19.3 Å². The van der Waals surface area contributed by atoms with Crippen LogP contribution in [0.25, 0.3) is 0 Å². The van der Waals surface area contributed by atoms with Crippen molar-refractivity contribution in [3.63, 3.8) is 0 Å². The fraction of sp³-hybridized carbons (Fsp3) is 0.652. The molecule has 4 aliphatic rings. The van der Waals surface area contributed by atoms with Gasteiger partial charge in [0.05, 0.1) is 0 Å². The minimum Gasteiger partial charge on any atom is -0.352 e. The van der Waals surface area contributed by atoms with Crippen LogP contribution in [0.2, 0.25) is 0 Å². The number of rotatable bonds is 6. The SMILES string of the molecule is CC(C)CNC(=O)c1ccc(CNC(=O)C23CC4CC(CC(C4)C2)C3)cc1. The van der Waals surface area contributed by atoms with Crippen molar-refractivity contribution in [2.45, 2.75) is 58.9 Å². The summed E-state index contributed by atoms with van der Waals surface area (Å²) in [6.45, 7) is 5.39. The third kappa shape index (κ3) is 3.90. The Bertz CT molecular complexity index is 672. The summed E-state index contributed by atoms with van der Waals surface area (Å²) < 4.78 is 0. The maximum atomic E-state index is 13.0. The number of benzene rings is 1. The first-order chi connectivity index (χ1) is 12.9. The lowest BCUT2D eigenvalue weighted by atomic mass is 9.49. The Kier molecular flexibility index (Phi) is 5.00. The average Bonchev–Trinajstić information content (AvgIpc) is 2.63. The Balaban J connectivity index is 1.32. The molecule has 0 heterocycles. The summed E-state index contributed by atoms with van der Waals surface area (Å²) in [5.74, 6) is 3.02. The molecule has 4 fully saturated rings. The molecular weight excluding hydrogens is 336 g/mol. The topological polar surface area (TPSA) is 58.2 Å². The normalized spacial score (nSPS) is 31.1. The molecule has 2 N–H and O–H groups in total. The van der Waals surface area contributed by atoms with E-state index in [1.807, 2.05) is 24.3 Å². The van der Waals surface area contributed by atoms with Crippen molar-refractivity contribution in [3.8, 4) is 0 Å². The van der Waals surface area contributed by atoms with Crippen LogP contribution in [-0.4, -0.2) is 18.4 Å². The fourth-order valence-corrected chi connectivity index (χ4v) is 5.93. The van der Waals surface area contributed by atoms with Crippen molar-refractivity contribution < 1.29 is 9.59 Å². The molecule has 0 radical (unpaired) electrons. The molecule has 0 saturated heterocycles. The van der Waals surface area contributed by atoms with E-state index in [1.54, 1.807) is 0 Å². The summed E-state index contributed by atoms with van der Waals surface area (Å²) in [4.78, 5) is 25.1. The van der Waals surface area contributed by atoms with Crippen LogP contribution in [0.1, 0.15) is 68.3 Å². The van der Waals surface area contributed by atoms with Crippen LogP contribution in [0.4, 0.5) is 0 Å². The molecule has 0 spiro atoms. The lowest BCUT2D eigenvalue weighted by Gasteiger charge is -2.55. The van der Waals surface area contributed by atoms with E-state index in [2.05, 4.69) is 24.5 Å². The van der Waals surface area contributed by atoms with Gasteiger partial charge in [0.2, 0.25) is 5.91 Å². The Labute approximate surface area is 162 Å². The van der Waals surface area contributed by atoms with Gasteiger partial charge in [-0.3, -0.25) is 9.59 Å². The van der Waals surface area contributed by atoms with Gasteiger partial charge in [0, 0.05) is 24.1 Å². The molecular formula is C23H32N2O2. The van der Waals surface area contributed by atoms with Gasteiger partial charge in [-0.2, -0.15) is 0 Å². The zero-order valence-corrected chi connectivity index (χ0v) is 16.6. The number of hydrogen-bond donors (Lipinski definition) is 2. The van der Waals surface area contributed by atoms with Crippen molar-refractivity contribution in [2.75, 3.05) is 6.54 Å². The highest BCUT2D eigenvalue weighted by atomic mass is 16.2. The van der Waals surface area contributed by atoms with Gasteiger partial charge in [-0.1, -0.05) is 26.0 Å². The highest BCUT2D eigenvalue weighted by molar-refractivity contribution is 5.94. The maximum absolute atomic E-state index is 13.0. The van der Waals surface area contributed by atoms with Crippen LogP contribution in [0.3, 0.4) is 0 Å². The van der Waals surface area contributed by atoms with Gasteiger partial charge < -0.3 is 10.6 Å². The van der Waals surface area contributed by atoms with Gasteiger partial charge >= 0.3 is 0 Å². The quantitative estimate of drug-likeness (QED) is 0.800. The maximum Gasteiger partial charge on any atom is 0.251 e. The zero-order chi connectivity index (χ0) is 19.0. The Morgan fingerprint density at radius 3 is 2.04 bits per heavy atom. The van der Waals surface area contributed by atoms with E-state index in [-0.39, 0.29) is 17.2 Å². The van der Waals surface area contributed by atoms with Crippen molar-refractivity contribution in [1.82, 2.24) is 10.6 Å². The molecule has 2 amide bonds. The largest absolute Gasteiger partial charge is 0.352 e. The molecule has 5 rings (SSSR count). The van der Waals surface area contributed by atoms with E-state index in [4.69, 9.17) is 0 Å². The van der Waals surface area contributed by atoms with Crippen molar-refractivity contribution in [2.24, 2.45) is 29.1 Å². The van der Waals surface area contributed by atoms with Gasteiger partial charge in [-0.05, 0) is 79.9 Å². The van der Waals surface area contributed by atoms with Crippen molar-refractivity contribution in [1.29, 1.82) is 0 Å². The smallest absolute Gasteiger partial charge is 0.251 e. The van der Waals surface area contributed by atoms with Gasteiger partial charge in [0.1, 0.15) is 0 Å². The average molecular weight is 369 g/mol. The van der Waals surface area contributed by atoms with Crippen LogP contribution < -0.4 is 10.6 Å². The summed E-state index contributed by atoms with van der Waals surface area (Å²) in [6, 6.07) is 7.60. The van der Waals surface area contributed by atoms with Crippen LogP contribution in [0, 0.1) is 29.1 Å². The molecule has 0 aromatic heterocycles. The Morgan fingerprint density at radius 2 is 1.52 bits per heavy atom. The van der Waals surface area contributed by atoms with E-state index in [9.17, 15) is 9.59 Å². The van der Waals surface area contributed by atoms with Crippen molar-refractivity contribution >= 4 is 11.8 Å². The lowest BCUT2D eigenvalue weighted by Crippen LogP contribution is -2.53. The Morgan fingerprint density at radius 1 is 0.963 bits per heavy atom.